The lowest BCUT2D eigenvalue weighted by molar-refractivity contribution is -0.123. The third kappa shape index (κ3) is 4.01. The normalized spacial score (nSPS) is 31.1. The maximum atomic E-state index is 12.0. The summed E-state index contributed by atoms with van der Waals surface area (Å²) in [4.78, 5) is 12.0. The molecule has 0 aromatic carbocycles. The second-order valence-electron chi connectivity index (χ2n) is 6.14. The number of hydrogen-bond donors (Lipinski definition) is 1. The monoisotopic (exact) mass is 237 g/mol. The fraction of sp³-hybridized carbons (Fsp3) is 0.933. The Hall–Kier alpha value is -0.530. The highest BCUT2D eigenvalue weighted by molar-refractivity contribution is 5.76. The number of amides is 1. The van der Waals surface area contributed by atoms with Gasteiger partial charge in [-0.25, -0.2) is 0 Å². The Morgan fingerprint density at radius 1 is 1.00 bits per heavy atom. The van der Waals surface area contributed by atoms with E-state index in [2.05, 4.69) is 12.2 Å². The summed E-state index contributed by atoms with van der Waals surface area (Å²) in [5, 5.41) is 3.28. The predicted molar refractivity (Wildman–Crippen MR) is 70.8 cm³/mol. The van der Waals surface area contributed by atoms with Gasteiger partial charge in [0.15, 0.2) is 0 Å². The molecule has 17 heavy (non-hydrogen) atoms. The van der Waals surface area contributed by atoms with E-state index in [1.165, 1.54) is 57.8 Å². The van der Waals surface area contributed by atoms with Crippen molar-refractivity contribution in [1.29, 1.82) is 0 Å². The van der Waals surface area contributed by atoms with E-state index in [9.17, 15) is 4.79 Å². The molecule has 98 valence electrons. The molecule has 2 rings (SSSR count). The van der Waals surface area contributed by atoms with Gasteiger partial charge in [0.25, 0.3) is 0 Å². The summed E-state index contributed by atoms with van der Waals surface area (Å²) in [5.74, 6) is 1.66. The minimum atomic E-state index is 0.315. The van der Waals surface area contributed by atoms with Crippen LogP contribution in [-0.2, 0) is 4.79 Å². The first-order valence-electron chi connectivity index (χ1n) is 7.55. The summed E-state index contributed by atoms with van der Waals surface area (Å²) < 4.78 is 0. The number of rotatable bonds is 3. The van der Waals surface area contributed by atoms with Crippen molar-refractivity contribution in [1.82, 2.24) is 5.32 Å². The molecule has 0 heterocycles. The van der Waals surface area contributed by atoms with Crippen LogP contribution in [0.15, 0.2) is 0 Å². The molecule has 0 aliphatic heterocycles. The molecule has 0 radical (unpaired) electrons. The zero-order chi connectivity index (χ0) is 12.1. The van der Waals surface area contributed by atoms with Gasteiger partial charge in [-0.3, -0.25) is 4.79 Å². The fourth-order valence-corrected chi connectivity index (χ4v) is 3.45. The molecule has 1 amide bonds. The molecule has 2 atom stereocenters. The van der Waals surface area contributed by atoms with Gasteiger partial charge < -0.3 is 5.32 Å². The zero-order valence-corrected chi connectivity index (χ0v) is 11.2. The van der Waals surface area contributed by atoms with Crippen molar-refractivity contribution in [2.24, 2.45) is 11.8 Å². The van der Waals surface area contributed by atoms with E-state index in [0.717, 1.165) is 6.42 Å². The Morgan fingerprint density at radius 3 is 2.35 bits per heavy atom. The molecule has 2 fully saturated rings. The van der Waals surface area contributed by atoms with Gasteiger partial charge in [-0.15, -0.1) is 0 Å². The van der Waals surface area contributed by atoms with Crippen molar-refractivity contribution in [3.8, 4) is 0 Å². The molecule has 2 saturated carbocycles. The molecule has 0 aromatic heterocycles. The Kier molecular flexibility index (Phi) is 4.87. The number of nitrogens with one attached hydrogen (secondary N) is 1. The van der Waals surface area contributed by atoms with Crippen LogP contribution in [0.3, 0.4) is 0 Å². The van der Waals surface area contributed by atoms with E-state index < -0.39 is 0 Å². The summed E-state index contributed by atoms with van der Waals surface area (Å²) >= 11 is 0. The topological polar surface area (TPSA) is 29.1 Å². The summed E-state index contributed by atoms with van der Waals surface area (Å²) in [6.07, 6.45) is 12.5. The maximum Gasteiger partial charge on any atom is 0.220 e. The lowest BCUT2D eigenvalue weighted by Crippen LogP contribution is -2.41. The van der Waals surface area contributed by atoms with Crippen molar-refractivity contribution < 1.29 is 4.79 Å². The fourth-order valence-electron chi connectivity index (χ4n) is 3.45. The molecule has 0 bridgehead atoms. The van der Waals surface area contributed by atoms with E-state index in [-0.39, 0.29) is 0 Å². The molecular formula is C15H27NO. The minimum absolute atomic E-state index is 0.315. The zero-order valence-electron chi connectivity index (χ0n) is 11.2. The van der Waals surface area contributed by atoms with Crippen molar-refractivity contribution in [2.45, 2.75) is 77.2 Å². The Morgan fingerprint density at radius 2 is 1.65 bits per heavy atom. The van der Waals surface area contributed by atoms with Crippen LogP contribution in [0.2, 0.25) is 0 Å². The molecule has 2 nitrogen and oxygen atoms in total. The second-order valence-corrected chi connectivity index (χ2v) is 6.14. The van der Waals surface area contributed by atoms with Crippen LogP contribution in [-0.4, -0.2) is 11.9 Å². The van der Waals surface area contributed by atoms with Crippen LogP contribution >= 0.6 is 0 Å². The van der Waals surface area contributed by atoms with E-state index in [4.69, 9.17) is 0 Å². The average Bonchev–Trinajstić information content (AvgIpc) is 2.33. The summed E-state index contributed by atoms with van der Waals surface area (Å²) in [7, 11) is 0. The molecule has 0 saturated heterocycles. The van der Waals surface area contributed by atoms with E-state index >= 15 is 0 Å². The quantitative estimate of drug-likeness (QED) is 0.797. The number of carbonyl (C=O) groups is 1. The second kappa shape index (κ2) is 6.42. The molecule has 2 heteroatoms. The Balaban J connectivity index is 1.72. The van der Waals surface area contributed by atoms with Crippen LogP contribution in [0.4, 0.5) is 0 Å². The highest BCUT2D eigenvalue weighted by Crippen LogP contribution is 2.27. The van der Waals surface area contributed by atoms with Crippen molar-refractivity contribution in [3.05, 3.63) is 0 Å². The first-order valence-corrected chi connectivity index (χ1v) is 7.55. The molecule has 2 unspecified atom stereocenters. The summed E-state index contributed by atoms with van der Waals surface area (Å²) in [6.45, 7) is 2.28. The average molecular weight is 237 g/mol. The lowest BCUT2D eigenvalue weighted by atomic mass is 9.84. The molecule has 2 aliphatic rings. The lowest BCUT2D eigenvalue weighted by Gasteiger charge is -2.30. The van der Waals surface area contributed by atoms with Gasteiger partial charge in [-0.2, -0.15) is 0 Å². The van der Waals surface area contributed by atoms with Crippen molar-refractivity contribution in [3.63, 3.8) is 0 Å². The van der Waals surface area contributed by atoms with Crippen molar-refractivity contribution in [2.75, 3.05) is 0 Å². The van der Waals surface area contributed by atoms with Crippen LogP contribution < -0.4 is 5.32 Å². The van der Waals surface area contributed by atoms with Crippen LogP contribution in [0, 0.1) is 11.8 Å². The number of carbonyl (C=O) groups excluding carboxylic acids is 1. The first-order chi connectivity index (χ1) is 8.25. The third-order valence-electron chi connectivity index (χ3n) is 4.66. The van der Waals surface area contributed by atoms with Crippen molar-refractivity contribution >= 4 is 5.91 Å². The highest BCUT2D eigenvalue weighted by Gasteiger charge is 2.24. The highest BCUT2D eigenvalue weighted by atomic mass is 16.1. The third-order valence-corrected chi connectivity index (χ3v) is 4.66. The molecule has 2 aliphatic carbocycles. The molecular weight excluding hydrogens is 210 g/mol. The van der Waals surface area contributed by atoms with Gasteiger partial charge in [0.2, 0.25) is 5.91 Å². The van der Waals surface area contributed by atoms with Crippen LogP contribution in [0.1, 0.15) is 71.1 Å². The van der Waals surface area contributed by atoms with E-state index in [0.29, 0.717) is 23.8 Å². The Bertz CT molecular complexity index is 245. The molecule has 1 N–H and O–H groups in total. The molecule has 0 aromatic rings. The van der Waals surface area contributed by atoms with Gasteiger partial charge in [0, 0.05) is 12.5 Å². The van der Waals surface area contributed by atoms with Gasteiger partial charge in [0.1, 0.15) is 0 Å². The molecule has 0 spiro atoms. The van der Waals surface area contributed by atoms with E-state index in [1.807, 2.05) is 0 Å². The smallest absolute Gasteiger partial charge is 0.220 e. The Labute approximate surface area is 106 Å². The predicted octanol–water partition coefficient (Wildman–Crippen LogP) is 3.65. The summed E-state index contributed by atoms with van der Waals surface area (Å²) in [6, 6.07) is 0.458. The largest absolute Gasteiger partial charge is 0.353 e. The van der Waals surface area contributed by atoms with E-state index in [1.54, 1.807) is 0 Å². The van der Waals surface area contributed by atoms with Crippen LogP contribution in [0.25, 0.3) is 0 Å². The standard InChI is InChI=1S/C15H27NO/c1-12-7-5-6-10-14(12)16-15(17)11-13-8-3-2-4-9-13/h12-14H,2-11H2,1H3,(H,16,17). The van der Waals surface area contributed by atoms with Gasteiger partial charge >= 0.3 is 0 Å². The number of hydrogen-bond acceptors (Lipinski definition) is 1. The van der Waals surface area contributed by atoms with Gasteiger partial charge in [-0.1, -0.05) is 39.0 Å². The minimum Gasteiger partial charge on any atom is -0.353 e. The van der Waals surface area contributed by atoms with Gasteiger partial charge in [-0.05, 0) is 37.5 Å². The first kappa shape index (κ1) is 12.9. The van der Waals surface area contributed by atoms with Crippen LogP contribution in [0.5, 0.6) is 0 Å². The maximum absolute atomic E-state index is 12.0. The SMILES string of the molecule is CC1CCCCC1NC(=O)CC1CCCCC1. The summed E-state index contributed by atoms with van der Waals surface area (Å²) in [5.41, 5.74) is 0. The van der Waals surface area contributed by atoms with Gasteiger partial charge in [0.05, 0.1) is 0 Å².